The van der Waals surface area contributed by atoms with Crippen LogP contribution in [-0.2, 0) is 16.1 Å². The summed E-state index contributed by atoms with van der Waals surface area (Å²) in [5.41, 5.74) is 4.44. The quantitative estimate of drug-likeness (QED) is 0.420. The Morgan fingerprint density at radius 1 is 0.957 bits per heavy atom. The van der Waals surface area contributed by atoms with Crippen LogP contribution in [0.25, 0.3) is 0 Å². The molecule has 3 fully saturated rings. The summed E-state index contributed by atoms with van der Waals surface area (Å²) in [5, 5.41) is 2.88. The summed E-state index contributed by atoms with van der Waals surface area (Å²) >= 11 is 1.65. The van der Waals surface area contributed by atoms with E-state index in [0.717, 1.165) is 62.3 Å². The van der Waals surface area contributed by atoms with Crippen molar-refractivity contribution in [3.63, 3.8) is 0 Å². The van der Waals surface area contributed by atoms with Crippen LogP contribution in [0.5, 0.6) is 0 Å². The number of benzene rings is 2. The number of amides is 4. The molecule has 4 heterocycles. The van der Waals surface area contributed by atoms with E-state index in [9.17, 15) is 14.4 Å². The number of fused-ring (bicyclic) bond motifs is 1. The SMILES string of the molecule is CN1CCN(c2ccccc2[C@@H]2S[C@](C)(CC(=O)N3CCC(N4Cc5ccccc5NC4=O)CC3)C(=O)N2CCC(C)(C)C)CC1. The summed E-state index contributed by atoms with van der Waals surface area (Å²) < 4.78 is -0.845. The monoisotopic (exact) mass is 646 g/mol. The Bertz CT molecular complexity index is 1450. The van der Waals surface area contributed by atoms with Gasteiger partial charge in [-0.2, -0.15) is 0 Å². The number of rotatable bonds is 7. The number of hydrogen-bond donors (Lipinski definition) is 1. The molecule has 0 bridgehead atoms. The second kappa shape index (κ2) is 13.1. The van der Waals surface area contributed by atoms with E-state index >= 15 is 0 Å². The third-order valence-electron chi connectivity index (χ3n) is 10.1. The van der Waals surface area contributed by atoms with Gasteiger partial charge in [-0.1, -0.05) is 57.2 Å². The molecule has 0 radical (unpaired) electrons. The van der Waals surface area contributed by atoms with E-state index in [1.54, 1.807) is 11.8 Å². The van der Waals surface area contributed by atoms with Gasteiger partial charge >= 0.3 is 6.03 Å². The summed E-state index contributed by atoms with van der Waals surface area (Å²) in [6.07, 6.45) is 2.53. The first-order chi connectivity index (χ1) is 21.9. The van der Waals surface area contributed by atoms with Gasteiger partial charge in [0.25, 0.3) is 0 Å². The number of hydrogen-bond acceptors (Lipinski definition) is 6. The molecule has 4 aliphatic heterocycles. The third-order valence-corrected chi connectivity index (χ3v) is 11.7. The Morgan fingerprint density at radius 2 is 1.63 bits per heavy atom. The molecule has 4 aliphatic rings. The number of para-hydroxylation sites is 2. The molecule has 2 atom stereocenters. The fraction of sp³-hybridized carbons (Fsp3) is 0.583. The second-order valence-electron chi connectivity index (χ2n) is 14.9. The minimum atomic E-state index is -0.845. The highest BCUT2D eigenvalue weighted by Crippen LogP contribution is 2.53. The number of nitrogens with one attached hydrogen (secondary N) is 1. The van der Waals surface area contributed by atoms with Gasteiger partial charge in [0.05, 0.1) is 6.42 Å². The molecular formula is C36H50N6O3S. The van der Waals surface area contributed by atoms with Crippen molar-refractivity contribution in [1.82, 2.24) is 19.6 Å². The van der Waals surface area contributed by atoms with E-state index in [1.165, 1.54) is 5.69 Å². The lowest BCUT2D eigenvalue weighted by molar-refractivity contribution is -0.139. The number of likely N-dealkylation sites (N-methyl/N-ethyl adjacent to an activating group) is 1. The maximum absolute atomic E-state index is 14.3. The highest BCUT2D eigenvalue weighted by molar-refractivity contribution is 8.02. The second-order valence-corrected chi connectivity index (χ2v) is 16.4. The van der Waals surface area contributed by atoms with Gasteiger partial charge in [0.1, 0.15) is 10.1 Å². The molecule has 0 aliphatic carbocycles. The van der Waals surface area contributed by atoms with Crippen LogP contribution in [0.2, 0.25) is 0 Å². The number of carbonyl (C=O) groups is 3. The molecule has 0 unspecified atom stereocenters. The molecule has 248 valence electrons. The molecule has 2 aromatic carbocycles. The smallest absolute Gasteiger partial charge is 0.322 e. The minimum absolute atomic E-state index is 0.0269. The molecule has 3 saturated heterocycles. The van der Waals surface area contributed by atoms with Crippen LogP contribution in [0, 0.1) is 5.41 Å². The lowest BCUT2D eigenvalue weighted by Crippen LogP contribution is -2.52. The first-order valence-corrected chi connectivity index (χ1v) is 17.7. The number of likely N-dealkylation sites (tertiary alicyclic amines) is 1. The van der Waals surface area contributed by atoms with Crippen LogP contribution in [0.15, 0.2) is 48.5 Å². The Kier molecular flexibility index (Phi) is 9.31. The Balaban J connectivity index is 1.15. The van der Waals surface area contributed by atoms with Gasteiger partial charge in [-0.25, -0.2) is 4.79 Å². The van der Waals surface area contributed by atoms with Gasteiger partial charge in [0.2, 0.25) is 11.8 Å². The summed E-state index contributed by atoms with van der Waals surface area (Å²) in [7, 11) is 2.16. The number of carbonyl (C=O) groups excluding carboxylic acids is 3. The van der Waals surface area contributed by atoms with Crippen molar-refractivity contribution < 1.29 is 14.4 Å². The van der Waals surface area contributed by atoms with Crippen LogP contribution >= 0.6 is 11.8 Å². The van der Waals surface area contributed by atoms with Crippen LogP contribution in [-0.4, -0.2) is 101 Å². The highest BCUT2D eigenvalue weighted by atomic mass is 32.2. The van der Waals surface area contributed by atoms with Gasteiger partial charge in [-0.3, -0.25) is 9.59 Å². The molecule has 0 aromatic heterocycles. The number of thioether (sulfide) groups is 1. The van der Waals surface area contributed by atoms with E-state index in [0.29, 0.717) is 26.2 Å². The predicted molar refractivity (Wildman–Crippen MR) is 186 cm³/mol. The van der Waals surface area contributed by atoms with Crippen LogP contribution in [0.4, 0.5) is 16.2 Å². The predicted octanol–water partition coefficient (Wildman–Crippen LogP) is 5.64. The minimum Gasteiger partial charge on any atom is -0.369 e. The summed E-state index contributed by atoms with van der Waals surface area (Å²) in [6.45, 7) is 15.0. The zero-order valence-corrected chi connectivity index (χ0v) is 28.9. The van der Waals surface area contributed by atoms with E-state index < -0.39 is 4.75 Å². The Morgan fingerprint density at radius 3 is 2.35 bits per heavy atom. The van der Waals surface area contributed by atoms with Crippen LogP contribution in [0.1, 0.15) is 69.9 Å². The number of anilines is 2. The van der Waals surface area contributed by atoms with Crippen LogP contribution in [0.3, 0.4) is 0 Å². The topological polar surface area (TPSA) is 79.4 Å². The molecule has 2 aromatic rings. The van der Waals surface area contributed by atoms with Gasteiger partial charge in [0.15, 0.2) is 0 Å². The molecule has 6 rings (SSSR count). The molecule has 0 saturated carbocycles. The normalized spacial score (nSPS) is 24.8. The Hall–Kier alpha value is -3.24. The summed E-state index contributed by atoms with van der Waals surface area (Å²) in [5.74, 6) is 0.0887. The zero-order chi connectivity index (χ0) is 32.6. The lowest BCUT2D eigenvalue weighted by atomic mass is 9.91. The Labute approximate surface area is 278 Å². The number of piperidine rings is 1. The van der Waals surface area contributed by atoms with Crippen molar-refractivity contribution in [2.75, 3.05) is 63.1 Å². The fourth-order valence-corrected chi connectivity index (χ4v) is 8.74. The lowest BCUT2D eigenvalue weighted by Gasteiger charge is -2.41. The molecule has 1 N–H and O–H groups in total. The number of nitrogens with zero attached hydrogens (tertiary/aromatic N) is 5. The standard InChI is InChI=1S/C36H50N6O3S/c1-35(2,3)16-19-41-32(28-11-7-9-13-30(28)39-22-20-38(5)21-23-39)46-36(4,33(41)44)24-31(43)40-17-14-27(15-18-40)42-25-26-10-6-8-12-29(26)37-34(42)45/h6-13,27,32H,14-25H2,1-5H3,(H,37,45)/t32-,36+/m0/s1. The molecule has 10 heteroatoms. The maximum Gasteiger partial charge on any atom is 0.322 e. The average molecular weight is 647 g/mol. The van der Waals surface area contributed by atoms with Gasteiger partial charge in [0, 0.05) is 75.3 Å². The van der Waals surface area contributed by atoms with E-state index in [-0.39, 0.29) is 41.1 Å². The highest BCUT2D eigenvalue weighted by Gasteiger charge is 2.52. The average Bonchev–Trinajstić information content (AvgIpc) is 3.28. The van der Waals surface area contributed by atoms with Crippen LogP contribution < -0.4 is 10.2 Å². The van der Waals surface area contributed by atoms with Crippen molar-refractivity contribution in [2.45, 2.75) is 76.1 Å². The number of urea groups is 1. The van der Waals surface area contributed by atoms with Crippen molar-refractivity contribution in [2.24, 2.45) is 5.41 Å². The van der Waals surface area contributed by atoms with Gasteiger partial charge < -0.3 is 29.8 Å². The van der Waals surface area contributed by atoms with E-state index in [2.05, 4.69) is 78.2 Å². The van der Waals surface area contributed by atoms with E-state index in [1.807, 2.05) is 34.9 Å². The first kappa shape index (κ1) is 32.7. The fourth-order valence-electron chi connectivity index (χ4n) is 7.17. The summed E-state index contributed by atoms with van der Waals surface area (Å²) in [4.78, 5) is 51.8. The molecule has 4 amide bonds. The largest absolute Gasteiger partial charge is 0.369 e. The van der Waals surface area contributed by atoms with Gasteiger partial charge in [-0.15, -0.1) is 11.8 Å². The number of piperazine rings is 1. The van der Waals surface area contributed by atoms with Gasteiger partial charge in [-0.05, 0) is 56.3 Å². The van der Waals surface area contributed by atoms with Crippen molar-refractivity contribution in [3.8, 4) is 0 Å². The zero-order valence-electron chi connectivity index (χ0n) is 28.1. The molecule has 0 spiro atoms. The third kappa shape index (κ3) is 6.88. The maximum atomic E-state index is 14.3. The van der Waals surface area contributed by atoms with Crippen molar-refractivity contribution in [1.29, 1.82) is 0 Å². The first-order valence-electron chi connectivity index (χ1n) is 16.9. The van der Waals surface area contributed by atoms with Crippen molar-refractivity contribution >= 4 is 41.0 Å². The van der Waals surface area contributed by atoms with E-state index in [4.69, 9.17) is 0 Å². The summed E-state index contributed by atoms with van der Waals surface area (Å²) in [6, 6.07) is 16.5. The molecule has 46 heavy (non-hydrogen) atoms. The van der Waals surface area contributed by atoms with Crippen molar-refractivity contribution in [3.05, 3.63) is 59.7 Å². The molecular weight excluding hydrogens is 597 g/mol. The molecule has 9 nitrogen and oxygen atoms in total.